The molecule has 1 aliphatic carbocycles. The molecule has 0 N–H and O–H groups in total. The second-order valence-corrected chi connectivity index (χ2v) is 8.30. The molecule has 1 amide bonds. The van der Waals surface area contributed by atoms with Crippen molar-refractivity contribution in [2.45, 2.75) is 58.4 Å². The van der Waals surface area contributed by atoms with Gasteiger partial charge >= 0.3 is 5.97 Å². The van der Waals surface area contributed by atoms with Crippen LogP contribution in [0.1, 0.15) is 52.1 Å². The molecule has 1 saturated heterocycles. The summed E-state index contributed by atoms with van der Waals surface area (Å²) in [4.78, 5) is 27.6. The molecule has 2 aliphatic rings. The van der Waals surface area contributed by atoms with Gasteiger partial charge in [0.15, 0.2) is 0 Å². The summed E-state index contributed by atoms with van der Waals surface area (Å²) in [5.41, 5.74) is -0.717. The first-order chi connectivity index (χ1) is 11.6. The van der Waals surface area contributed by atoms with E-state index in [4.69, 9.17) is 4.74 Å². The van der Waals surface area contributed by atoms with Gasteiger partial charge in [-0.1, -0.05) is 30.3 Å². The van der Waals surface area contributed by atoms with Crippen LogP contribution in [0.25, 0.3) is 0 Å². The molecule has 0 spiro atoms. The lowest BCUT2D eigenvalue weighted by Crippen LogP contribution is -2.41. The van der Waals surface area contributed by atoms with Crippen LogP contribution in [0.2, 0.25) is 0 Å². The predicted octanol–water partition coefficient (Wildman–Crippen LogP) is 3.67. The highest BCUT2D eigenvalue weighted by molar-refractivity contribution is 5.93. The fraction of sp³-hybridized carbons (Fsp3) is 0.600. The summed E-state index contributed by atoms with van der Waals surface area (Å²) in [5, 5.41) is 0. The van der Waals surface area contributed by atoms with Crippen molar-refractivity contribution in [3.05, 3.63) is 35.9 Å². The van der Waals surface area contributed by atoms with E-state index in [2.05, 4.69) is 0 Å². The molecule has 0 bridgehead atoms. The summed E-state index contributed by atoms with van der Waals surface area (Å²) in [6.45, 7) is 7.55. The summed E-state index contributed by atoms with van der Waals surface area (Å²) >= 11 is 0. The monoisotopic (exact) mass is 347 g/mol. The van der Waals surface area contributed by atoms with E-state index in [1.807, 2.05) is 37.3 Å². The van der Waals surface area contributed by atoms with Gasteiger partial charge in [0.05, 0.1) is 17.4 Å². The third kappa shape index (κ3) is 3.16. The van der Waals surface area contributed by atoms with Gasteiger partial charge in [0.25, 0.3) is 0 Å². The van der Waals surface area contributed by atoms with E-state index in [-0.39, 0.29) is 31.3 Å². The topological polar surface area (TPSA) is 46.6 Å². The number of alkyl halides is 1. The fourth-order valence-electron chi connectivity index (χ4n) is 4.11. The number of rotatable bonds is 3. The van der Waals surface area contributed by atoms with Gasteiger partial charge in [-0.05, 0) is 46.1 Å². The molecule has 136 valence electrons. The molecule has 1 unspecified atom stereocenters. The Morgan fingerprint density at radius 1 is 1.32 bits per heavy atom. The molecule has 4 nitrogen and oxygen atoms in total. The van der Waals surface area contributed by atoms with Gasteiger partial charge in [-0.25, -0.2) is 4.39 Å². The Morgan fingerprint density at radius 2 is 1.96 bits per heavy atom. The first-order valence-electron chi connectivity index (χ1n) is 8.87. The summed E-state index contributed by atoms with van der Waals surface area (Å²) < 4.78 is 19.7. The van der Waals surface area contributed by atoms with E-state index < -0.39 is 29.1 Å². The van der Waals surface area contributed by atoms with Crippen molar-refractivity contribution in [2.24, 2.45) is 11.3 Å². The molecule has 4 atom stereocenters. The number of amides is 1. The van der Waals surface area contributed by atoms with E-state index in [1.165, 1.54) is 0 Å². The highest BCUT2D eigenvalue weighted by atomic mass is 19.1. The van der Waals surface area contributed by atoms with Crippen LogP contribution >= 0.6 is 0 Å². The van der Waals surface area contributed by atoms with Gasteiger partial charge in [-0.3, -0.25) is 9.59 Å². The van der Waals surface area contributed by atoms with E-state index in [0.717, 1.165) is 5.56 Å². The Kier molecular flexibility index (Phi) is 4.38. The number of halogens is 1. The van der Waals surface area contributed by atoms with Gasteiger partial charge in [-0.2, -0.15) is 0 Å². The highest BCUT2D eigenvalue weighted by Crippen LogP contribution is 2.53. The number of carbonyl (C=O) groups excluding carboxylic acids is 2. The van der Waals surface area contributed by atoms with Crippen LogP contribution in [-0.2, 0) is 14.3 Å². The van der Waals surface area contributed by atoms with Crippen molar-refractivity contribution >= 4 is 11.9 Å². The minimum absolute atomic E-state index is 0.0658. The minimum atomic E-state index is -1.13. The first kappa shape index (κ1) is 17.9. The number of fused-ring (bicyclic) bond motifs is 1. The predicted molar refractivity (Wildman–Crippen MR) is 92.5 cm³/mol. The fourth-order valence-corrected chi connectivity index (χ4v) is 4.11. The standard InChI is InChI=1S/C20H26FNO3/c1-13(14-8-6-5-7-9-14)22-12-20(18(24)25-19(2,3)4)11-15(21)10-16(20)17(22)23/h5-9,13,15-16H,10-12H2,1-4H3/t13-,15?,16-,20-/m1/s1. The lowest BCUT2D eigenvalue weighted by atomic mass is 9.80. The summed E-state index contributed by atoms with van der Waals surface area (Å²) in [6.07, 6.45) is -0.956. The number of ether oxygens (including phenoxy) is 1. The van der Waals surface area contributed by atoms with Crippen molar-refractivity contribution < 1.29 is 18.7 Å². The van der Waals surface area contributed by atoms with Crippen molar-refractivity contribution in [1.82, 2.24) is 4.90 Å². The van der Waals surface area contributed by atoms with Crippen molar-refractivity contribution in [1.29, 1.82) is 0 Å². The normalized spacial score (nSPS) is 30.3. The third-order valence-electron chi connectivity index (χ3n) is 5.33. The molecule has 3 rings (SSSR count). The lowest BCUT2D eigenvalue weighted by Gasteiger charge is -2.31. The Balaban J connectivity index is 1.90. The molecule has 0 radical (unpaired) electrons. The second kappa shape index (κ2) is 6.11. The molecule has 1 heterocycles. The summed E-state index contributed by atoms with van der Waals surface area (Å²) in [6, 6.07) is 9.54. The van der Waals surface area contributed by atoms with E-state index in [0.29, 0.717) is 0 Å². The Morgan fingerprint density at radius 3 is 2.56 bits per heavy atom. The number of nitrogens with zero attached hydrogens (tertiary/aromatic N) is 1. The summed E-state index contributed by atoms with van der Waals surface area (Å²) in [5.74, 6) is -1.20. The maximum Gasteiger partial charge on any atom is 0.315 e. The van der Waals surface area contributed by atoms with Crippen LogP contribution in [0.5, 0.6) is 0 Å². The largest absolute Gasteiger partial charge is 0.459 e. The van der Waals surface area contributed by atoms with Crippen LogP contribution in [0.3, 0.4) is 0 Å². The maximum absolute atomic E-state index is 14.1. The summed E-state index contributed by atoms with van der Waals surface area (Å²) in [7, 11) is 0. The van der Waals surface area contributed by atoms with Crippen molar-refractivity contribution in [2.75, 3.05) is 6.54 Å². The second-order valence-electron chi connectivity index (χ2n) is 8.30. The number of carbonyl (C=O) groups is 2. The molecule has 1 aromatic rings. The van der Waals surface area contributed by atoms with Crippen molar-refractivity contribution in [3.63, 3.8) is 0 Å². The molecule has 1 aromatic carbocycles. The number of hydrogen-bond donors (Lipinski definition) is 0. The SMILES string of the molecule is C[C@H](c1ccccc1)N1C[C@]2(C(=O)OC(C)(C)C)CC(F)C[C@@H]2C1=O. The quantitative estimate of drug-likeness (QED) is 0.784. The molecule has 0 aromatic heterocycles. The molecule has 2 fully saturated rings. The van der Waals surface area contributed by atoms with E-state index in [9.17, 15) is 14.0 Å². The average Bonchev–Trinajstić information content (AvgIpc) is 3.00. The van der Waals surface area contributed by atoms with E-state index >= 15 is 0 Å². The molecule has 1 saturated carbocycles. The Hall–Kier alpha value is -1.91. The number of hydrogen-bond acceptors (Lipinski definition) is 3. The molecule has 5 heteroatoms. The van der Waals surface area contributed by atoms with Crippen LogP contribution in [0.15, 0.2) is 30.3 Å². The molecular formula is C20H26FNO3. The van der Waals surface area contributed by atoms with Crippen LogP contribution in [0.4, 0.5) is 4.39 Å². The zero-order chi connectivity index (χ0) is 18.4. The zero-order valence-corrected chi connectivity index (χ0v) is 15.3. The molecular weight excluding hydrogens is 321 g/mol. The van der Waals surface area contributed by atoms with Crippen molar-refractivity contribution in [3.8, 4) is 0 Å². The lowest BCUT2D eigenvalue weighted by molar-refractivity contribution is -0.169. The van der Waals surface area contributed by atoms with Crippen LogP contribution < -0.4 is 0 Å². The number of esters is 1. The molecule has 25 heavy (non-hydrogen) atoms. The van der Waals surface area contributed by atoms with Crippen LogP contribution in [0, 0.1) is 11.3 Å². The third-order valence-corrected chi connectivity index (χ3v) is 5.33. The van der Waals surface area contributed by atoms with Gasteiger partial charge in [0, 0.05) is 6.54 Å². The van der Waals surface area contributed by atoms with Crippen LogP contribution in [-0.4, -0.2) is 35.1 Å². The van der Waals surface area contributed by atoms with Gasteiger partial charge in [0.1, 0.15) is 11.8 Å². The van der Waals surface area contributed by atoms with Gasteiger partial charge in [0.2, 0.25) is 5.91 Å². The number of likely N-dealkylation sites (tertiary alicyclic amines) is 1. The van der Waals surface area contributed by atoms with Gasteiger partial charge in [-0.15, -0.1) is 0 Å². The van der Waals surface area contributed by atoms with E-state index in [1.54, 1.807) is 25.7 Å². The number of benzene rings is 1. The first-order valence-corrected chi connectivity index (χ1v) is 8.87. The zero-order valence-electron chi connectivity index (χ0n) is 15.3. The Bertz CT molecular complexity index is 669. The Labute approximate surface area is 148 Å². The minimum Gasteiger partial charge on any atom is -0.459 e. The van der Waals surface area contributed by atoms with Gasteiger partial charge < -0.3 is 9.64 Å². The molecule has 1 aliphatic heterocycles. The maximum atomic E-state index is 14.1. The highest BCUT2D eigenvalue weighted by Gasteiger charge is 2.64. The average molecular weight is 347 g/mol. The smallest absolute Gasteiger partial charge is 0.315 e.